The summed E-state index contributed by atoms with van der Waals surface area (Å²) in [5.74, 6) is 0.293. The van der Waals surface area contributed by atoms with Crippen molar-refractivity contribution in [2.75, 3.05) is 0 Å². The minimum absolute atomic E-state index is 0.170. The third-order valence-corrected chi connectivity index (χ3v) is 2.64. The molecule has 2 heteroatoms. The van der Waals surface area contributed by atoms with Crippen LogP contribution in [-0.4, -0.2) is 11.8 Å². The highest BCUT2D eigenvalue weighted by Crippen LogP contribution is 2.22. The zero-order chi connectivity index (χ0) is 9.61. The molecule has 0 aromatic carbocycles. The van der Waals surface area contributed by atoms with Gasteiger partial charge in [0.2, 0.25) is 0 Å². The lowest BCUT2D eigenvalue weighted by Gasteiger charge is -2.30. The molecular weight excluding hydrogens is 150 g/mol. The van der Waals surface area contributed by atoms with Crippen molar-refractivity contribution in [1.29, 1.82) is 0 Å². The predicted molar refractivity (Wildman–Crippen MR) is 52.0 cm³/mol. The molecular formula is C10H21NO. The molecule has 0 radical (unpaired) electrons. The Hall–Kier alpha value is -0.370. The average Bonchev–Trinajstić information content (AvgIpc) is 2.01. The van der Waals surface area contributed by atoms with Crippen LogP contribution in [0.15, 0.2) is 0 Å². The summed E-state index contributed by atoms with van der Waals surface area (Å²) >= 11 is 0. The monoisotopic (exact) mass is 171 g/mol. The highest BCUT2D eigenvalue weighted by Gasteiger charge is 2.24. The number of carbonyl (C=O) groups is 1. The summed E-state index contributed by atoms with van der Waals surface area (Å²) in [6.07, 6.45) is 4.87. The van der Waals surface area contributed by atoms with E-state index in [2.05, 4.69) is 6.92 Å². The number of hydrogen-bond donors (Lipinski definition) is 1. The molecule has 12 heavy (non-hydrogen) atoms. The summed E-state index contributed by atoms with van der Waals surface area (Å²) in [6.45, 7) is 6.24. The van der Waals surface area contributed by atoms with Gasteiger partial charge in [0.15, 0.2) is 0 Å². The van der Waals surface area contributed by atoms with Crippen LogP contribution in [0, 0.1) is 5.92 Å². The minimum atomic E-state index is -0.170. The molecule has 0 aliphatic heterocycles. The minimum Gasteiger partial charge on any atom is -0.325 e. The molecule has 0 aliphatic rings. The molecule has 2 atom stereocenters. The zero-order valence-corrected chi connectivity index (χ0v) is 8.47. The Bertz CT molecular complexity index is 132. The SMILES string of the molecule is CCCCC(C)(N)C(C)CC=O. The van der Waals surface area contributed by atoms with Crippen molar-refractivity contribution in [2.24, 2.45) is 11.7 Å². The molecule has 0 rings (SSSR count). The number of aldehydes is 1. The second-order valence-electron chi connectivity index (χ2n) is 3.91. The van der Waals surface area contributed by atoms with Gasteiger partial charge in [0.05, 0.1) is 0 Å². The topological polar surface area (TPSA) is 43.1 Å². The average molecular weight is 171 g/mol. The molecule has 72 valence electrons. The summed E-state index contributed by atoms with van der Waals surface area (Å²) in [6, 6.07) is 0. The second kappa shape index (κ2) is 5.31. The van der Waals surface area contributed by atoms with E-state index in [0.29, 0.717) is 12.3 Å². The van der Waals surface area contributed by atoms with Gasteiger partial charge in [0, 0.05) is 12.0 Å². The summed E-state index contributed by atoms with van der Waals surface area (Å²) in [4.78, 5) is 10.3. The van der Waals surface area contributed by atoms with Crippen LogP contribution in [0.4, 0.5) is 0 Å². The maximum Gasteiger partial charge on any atom is 0.120 e. The standard InChI is InChI=1S/C10H21NO/c1-4-5-7-10(3,11)9(2)6-8-12/h8-9H,4-7,11H2,1-3H3. The highest BCUT2D eigenvalue weighted by molar-refractivity contribution is 5.50. The molecule has 0 fully saturated rings. The fourth-order valence-electron chi connectivity index (χ4n) is 1.22. The van der Waals surface area contributed by atoms with E-state index in [0.717, 1.165) is 19.1 Å². The van der Waals surface area contributed by atoms with E-state index in [1.807, 2.05) is 13.8 Å². The number of unbranched alkanes of at least 4 members (excludes halogenated alkanes) is 1. The predicted octanol–water partition coefficient (Wildman–Crippen LogP) is 2.12. The van der Waals surface area contributed by atoms with Gasteiger partial charge < -0.3 is 10.5 Å². The Balaban J connectivity index is 3.89. The van der Waals surface area contributed by atoms with Crippen LogP contribution < -0.4 is 5.73 Å². The van der Waals surface area contributed by atoms with Crippen molar-refractivity contribution in [3.8, 4) is 0 Å². The number of nitrogens with two attached hydrogens (primary N) is 1. The van der Waals surface area contributed by atoms with E-state index in [4.69, 9.17) is 5.73 Å². The quantitative estimate of drug-likeness (QED) is 0.622. The smallest absolute Gasteiger partial charge is 0.120 e. The van der Waals surface area contributed by atoms with Crippen LogP contribution in [0.1, 0.15) is 46.5 Å². The summed E-state index contributed by atoms with van der Waals surface area (Å²) < 4.78 is 0. The highest BCUT2D eigenvalue weighted by atomic mass is 16.1. The van der Waals surface area contributed by atoms with Gasteiger partial charge in [-0.15, -0.1) is 0 Å². The molecule has 0 spiro atoms. The Labute approximate surface area is 75.5 Å². The molecule has 0 aromatic rings. The van der Waals surface area contributed by atoms with Gasteiger partial charge in [0.1, 0.15) is 6.29 Å². The first-order valence-electron chi connectivity index (χ1n) is 4.77. The molecule has 0 aliphatic carbocycles. The lowest BCUT2D eigenvalue weighted by atomic mass is 9.82. The van der Waals surface area contributed by atoms with Crippen molar-refractivity contribution < 1.29 is 4.79 Å². The van der Waals surface area contributed by atoms with Gasteiger partial charge in [-0.2, -0.15) is 0 Å². The molecule has 2 unspecified atom stereocenters. The maximum absolute atomic E-state index is 10.3. The first-order valence-corrected chi connectivity index (χ1v) is 4.77. The summed E-state index contributed by atoms with van der Waals surface area (Å²) in [5, 5.41) is 0. The van der Waals surface area contributed by atoms with E-state index in [9.17, 15) is 4.79 Å². The van der Waals surface area contributed by atoms with Crippen LogP contribution in [-0.2, 0) is 4.79 Å². The van der Waals surface area contributed by atoms with Crippen molar-refractivity contribution in [2.45, 2.75) is 52.0 Å². The third kappa shape index (κ3) is 3.86. The van der Waals surface area contributed by atoms with Gasteiger partial charge in [-0.05, 0) is 19.3 Å². The van der Waals surface area contributed by atoms with E-state index in [1.54, 1.807) is 0 Å². The van der Waals surface area contributed by atoms with Crippen molar-refractivity contribution in [3.05, 3.63) is 0 Å². The molecule has 0 saturated carbocycles. The molecule has 0 aromatic heterocycles. The van der Waals surface area contributed by atoms with Gasteiger partial charge in [0.25, 0.3) is 0 Å². The normalized spacial score (nSPS) is 18.3. The lowest BCUT2D eigenvalue weighted by molar-refractivity contribution is -0.109. The zero-order valence-electron chi connectivity index (χ0n) is 8.47. The van der Waals surface area contributed by atoms with E-state index in [1.165, 1.54) is 6.42 Å². The number of rotatable bonds is 6. The summed E-state index contributed by atoms with van der Waals surface area (Å²) in [5.41, 5.74) is 5.90. The van der Waals surface area contributed by atoms with E-state index < -0.39 is 0 Å². The molecule has 0 bridgehead atoms. The second-order valence-corrected chi connectivity index (χ2v) is 3.91. The molecule has 0 heterocycles. The van der Waals surface area contributed by atoms with Crippen molar-refractivity contribution in [1.82, 2.24) is 0 Å². The number of carbonyl (C=O) groups excluding carboxylic acids is 1. The van der Waals surface area contributed by atoms with Gasteiger partial charge in [-0.1, -0.05) is 26.7 Å². The van der Waals surface area contributed by atoms with Crippen molar-refractivity contribution >= 4 is 6.29 Å². The Morgan fingerprint density at radius 3 is 2.58 bits per heavy atom. The van der Waals surface area contributed by atoms with E-state index >= 15 is 0 Å². The Morgan fingerprint density at radius 2 is 2.17 bits per heavy atom. The summed E-state index contributed by atoms with van der Waals surface area (Å²) in [7, 11) is 0. The van der Waals surface area contributed by atoms with Gasteiger partial charge >= 0.3 is 0 Å². The van der Waals surface area contributed by atoms with Gasteiger partial charge in [-0.25, -0.2) is 0 Å². The van der Waals surface area contributed by atoms with Gasteiger partial charge in [-0.3, -0.25) is 0 Å². The number of hydrogen-bond acceptors (Lipinski definition) is 2. The van der Waals surface area contributed by atoms with Crippen LogP contribution in [0.2, 0.25) is 0 Å². The van der Waals surface area contributed by atoms with Crippen molar-refractivity contribution in [3.63, 3.8) is 0 Å². The third-order valence-electron chi connectivity index (χ3n) is 2.64. The molecule has 0 saturated heterocycles. The lowest BCUT2D eigenvalue weighted by Crippen LogP contribution is -2.43. The fraction of sp³-hybridized carbons (Fsp3) is 0.900. The van der Waals surface area contributed by atoms with Crippen LogP contribution >= 0.6 is 0 Å². The Kier molecular flexibility index (Phi) is 5.14. The van der Waals surface area contributed by atoms with Crippen LogP contribution in [0.5, 0.6) is 0 Å². The first kappa shape index (κ1) is 11.6. The molecule has 2 N–H and O–H groups in total. The fourth-order valence-corrected chi connectivity index (χ4v) is 1.22. The molecule has 2 nitrogen and oxygen atoms in total. The molecule has 0 amide bonds. The first-order chi connectivity index (χ1) is 5.54. The van der Waals surface area contributed by atoms with Crippen LogP contribution in [0.25, 0.3) is 0 Å². The van der Waals surface area contributed by atoms with E-state index in [-0.39, 0.29) is 5.54 Å². The Morgan fingerprint density at radius 1 is 1.58 bits per heavy atom. The van der Waals surface area contributed by atoms with Crippen LogP contribution in [0.3, 0.4) is 0 Å². The maximum atomic E-state index is 10.3. The largest absolute Gasteiger partial charge is 0.325 e.